The zero-order chi connectivity index (χ0) is 7.11. The largest absolute Gasteiger partial charge is 0.376 e. The van der Waals surface area contributed by atoms with Crippen LogP contribution >= 0.6 is 0 Å². The molecule has 0 saturated carbocycles. The van der Waals surface area contributed by atoms with Gasteiger partial charge in [0.25, 0.3) is 0 Å². The summed E-state index contributed by atoms with van der Waals surface area (Å²) in [6, 6.07) is 0. The van der Waals surface area contributed by atoms with E-state index in [9.17, 15) is 0 Å². The van der Waals surface area contributed by atoms with Crippen molar-refractivity contribution in [3.63, 3.8) is 0 Å². The van der Waals surface area contributed by atoms with Gasteiger partial charge < -0.3 is 4.74 Å². The van der Waals surface area contributed by atoms with Crippen molar-refractivity contribution in [3.8, 4) is 0 Å². The Balaban J connectivity index is 2.75. The smallest absolute Gasteiger partial charge is 0.0805 e. The molecular formula is C8H17O. The summed E-state index contributed by atoms with van der Waals surface area (Å²) in [5.74, 6) is 0.811. The molecule has 0 bridgehead atoms. The van der Waals surface area contributed by atoms with Crippen molar-refractivity contribution in [2.75, 3.05) is 6.61 Å². The monoisotopic (exact) mass is 129 g/mol. The maximum atomic E-state index is 5.06. The fraction of sp³-hybridized carbons (Fsp3) is 0.875. The van der Waals surface area contributed by atoms with E-state index in [1.807, 2.05) is 6.92 Å². The summed E-state index contributed by atoms with van der Waals surface area (Å²) in [5.41, 5.74) is 0. The van der Waals surface area contributed by atoms with Crippen molar-refractivity contribution < 1.29 is 4.74 Å². The highest BCUT2D eigenvalue weighted by Crippen LogP contribution is 2.02. The van der Waals surface area contributed by atoms with Gasteiger partial charge in [0.05, 0.1) is 6.61 Å². The molecule has 0 aromatic rings. The van der Waals surface area contributed by atoms with Gasteiger partial charge in [0, 0.05) is 6.61 Å². The quantitative estimate of drug-likeness (QED) is 0.518. The highest BCUT2D eigenvalue weighted by molar-refractivity contribution is 4.45. The lowest BCUT2D eigenvalue weighted by atomic mass is 10.1. The van der Waals surface area contributed by atoms with E-state index in [0.29, 0.717) is 0 Å². The molecule has 0 atom stereocenters. The van der Waals surface area contributed by atoms with Gasteiger partial charge in [-0.3, -0.25) is 0 Å². The van der Waals surface area contributed by atoms with Gasteiger partial charge in [-0.1, -0.05) is 13.8 Å². The van der Waals surface area contributed by atoms with E-state index in [0.717, 1.165) is 12.5 Å². The van der Waals surface area contributed by atoms with E-state index in [4.69, 9.17) is 4.74 Å². The number of hydrogen-bond acceptors (Lipinski definition) is 1. The second-order valence-electron chi connectivity index (χ2n) is 2.64. The molecule has 1 heteroatoms. The molecule has 0 fully saturated rings. The zero-order valence-corrected chi connectivity index (χ0v) is 6.68. The van der Waals surface area contributed by atoms with E-state index in [1.54, 1.807) is 6.61 Å². The molecule has 0 spiro atoms. The van der Waals surface area contributed by atoms with E-state index < -0.39 is 0 Å². The van der Waals surface area contributed by atoms with Crippen LogP contribution < -0.4 is 0 Å². The summed E-state index contributed by atoms with van der Waals surface area (Å²) in [5, 5.41) is 0. The lowest BCUT2D eigenvalue weighted by Crippen LogP contribution is -1.93. The Morgan fingerprint density at radius 3 is 2.56 bits per heavy atom. The molecule has 0 unspecified atom stereocenters. The Morgan fingerprint density at radius 2 is 2.11 bits per heavy atom. The van der Waals surface area contributed by atoms with E-state index in [-0.39, 0.29) is 0 Å². The molecule has 0 heterocycles. The van der Waals surface area contributed by atoms with Crippen molar-refractivity contribution >= 4 is 0 Å². The first-order chi connectivity index (χ1) is 4.27. The molecule has 0 aliphatic carbocycles. The Morgan fingerprint density at radius 1 is 1.44 bits per heavy atom. The van der Waals surface area contributed by atoms with Gasteiger partial charge >= 0.3 is 0 Å². The predicted molar refractivity (Wildman–Crippen MR) is 40.0 cm³/mol. The highest BCUT2D eigenvalue weighted by Gasteiger charge is 1.91. The summed E-state index contributed by atoms with van der Waals surface area (Å²) in [4.78, 5) is 0. The molecule has 9 heavy (non-hydrogen) atoms. The van der Waals surface area contributed by atoms with Crippen LogP contribution in [0.25, 0.3) is 0 Å². The van der Waals surface area contributed by atoms with Gasteiger partial charge in [0.1, 0.15) is 0 Å². The number of ether oxygens (including phenoxy) is 1. The molecule has 55 valence electrons. The Hall–Kier alpha value is -0.0400. The predicted octanol–water partition coefficient (Wildman–Crippen LogP) is 2.62. The Bertz CT molecular complexity index is 50.5. The maximum Gasteiger partial charge on any atom is 0.0805 e. The molecule has 0 aliphatic rings. The van der Waals surface area contributed by atoms with Gasteiger partial charge in [0.15, 0.2) is 0 Å². The first-order valence-corrected chi connectivity index (χ1v) is 3.66. The molecule has 0 saturated heterocycles. The second kappa shape index (κ2) is 6.09. The highest BCUT2D eigenvalue weighted by atomic mass is 16.5. The van der Waals surface area contributed by atoms with Crippen LogP contribution in [0.5, 0.6) is 0 Å². The molecule has 0 aromatic heterocycles. The molecule has 1 radical (unpaired) electrons. The van der Waals surface area contributed by atoms with Crippen LogP contribution in [0.3, 0.4) is 0 Å². The third-order valence-corrected chi connectivity index (χ3v) is 1.21. The fourth-order valence-electron chi connectivity index (χ4n) is 0.693. The van der Waals surface area contributed by atoms with Crippen molar-refractivity contribution in [2.45, 2.75) is 33.6 Å². The van der Waals surface area contributed by atoms with E-state index >= 15 is 0 Å². The lowest BCUT2D eigenvalue weighted by Gasteiger charge is -2.02. The standard InChI is InChI=1S/C8H17O/c1-4-9-7-5-6-8(2)3/h4,8H,5-7H2,1-3H3. The summed E-state index contributed by atoms with van der Waals surface area (Å²) < 4.78 is 5.06. The minimum Gasteiger partial charge on any atom is -0.376 e. The topological polar surface area (TPSA) is 9.23 Å². The first-order valence-electron chi connectivity index (χ1n) is 3.66. The van der Waals surface area contributed by atoms with Crippen LogP contribution in [-0.2, 0) is 4.74 Å². The summed E-state index contributed by atoms with van der Waals surface area (Å²) in [7, 11) is 0. The van der Waals surface area contributed by atoms with Crippen LogP contribution in [0.2, 0.25) is 0 Å². The summed E-state index contributed by atoms with van der Waals surface area (Å²) in [6.07, 6.45) is 2.45. The summed E-state index contributed by atoms with van der Waals surface area (Å²) in [6.45, 7) is 9.01. The van der Waals surface area contributed by atoms with Crippen molar-refractivity contribution in [1.82, 2.24) is 0 Å². The van der Waals surface area contributed by atoms with Gasteiger partial charge in [-0.2, -0.15) is 0 Å². The Kier molecular flexibility index (Phi) is 6.06. The minimum absolute atomic E-state index is 0.811. The van der Waals surface area contributed by atoms with Gasteiger partial charge in [-0.05, 0) is 25.7 Å². The van der Waals surface area contributed by atoms with Crippen LogP contribution in [0, 0.1) is 12.5 Å². The maximum absolute atomic E-state index is 5.06. The van der Waals surface area contributed by atoms with Crippen LogP contribution in [-0.4, -0.2) is 6.61 Å². The Labute approximate surface area is 58.4 Å². The number of rotatable bonds is 5. The van der Waals surface area contributed by atoms with E-state index in [1.165, 1.54) is 12.8 Å². The molecule has 1 nitrogen and oxygen atoms in total. The molecule has 0 amide bonds. The molecule has 0 N–H and O–H groups in total. The average Bonchev–Trinajstić information content (AvgIpc) is 1.80. The SMILES string of the molecule is C[CH]OCCCC(C)C. The lowest BCUT2D eigenvalue weighted by molar-refractivity contribution is 0.194. The summed E-state index contributed by atoms with van der Waals surface area (Å²) >= 11 is 0. The van der Waals surface area contributed by atoms with Gasteiger partial charge in [-0.15, -0.1) is 0 Å². The van der Waals surface area contributed by atoms with Crippen molar-refractivity contribution in [2.24, 2.45) is 5.92 Å². The average molecular weight is 129 g/mol. The third kappa shape index (κ3) is 7.96. The van der Waals surface area contributed by atoms with Crippen LogP contribution in [0.4, 0.5) is 0 Å². The van der Waals surface area contributed by atoms with Gasteiger partial charge in [-0.25, -0.2) is 0 Å². The zero-order valence-electron chi connectivity index (χ0n) is 6.68. The van der Waals surface area contributed by atoms with Crippen molar-refractivity contribution in [1.29, 1.82) is 0 Å². The van der Waals surface area contributed by atoms with Gasteiger partial charge in [0.2, 0.25) is 0 Å². The van der Waals surface area contributed by atoms with Crippen LogP contribution in [0.15, 0.2) is 0 Å². The number of hydrogen-bond donors (Lipinski definition) is 0. The fourth-order valence-corrected chi connectivity index (χ4v) is 0.693. The molecule has 0 aromatic carbocycles. The molecule has 0 aliphatic heterocycles. The first kappa shape index (κ1) is 8.96. The normalized spacial score (nSPS) is 10.7. The van der Waals surface area contributed by atoms with E-state index in [2.05, 4.69) is 13.8 Å². The van der Waals surface area contributed by atoms with Crippen molar-refractivity contribution in [3.05, 3.63) is 6.61 Å². The minimum atomic E-state index is 0.811. The molecule has 0 rings (SSSR count). The molecular weight excluding hydrogens is 112 g/mol. The third-order valence-electron chi connectivity index (χ3n) is 1.21. The van der Waals surface area contributed by atoms with Crippen LogP contribution in [0.1, 0.15) is 33.6 Å². The second-order valence-corrected chi connectivity index (χ2v) is 2.64.